The largest absolute Gasteiger partial charge is 0.497 e. The second-order valence-electron chi connectivity index (χ2n) is 7.33. The van der Waals surface area contributed by atoms with E-state index in [2.05, 4.69) is 10.2 Å². The summed E-state index contributed by atoms with van der Waals surface area (Å²) in [6, 6.07) is 15.2. The first-order valence-corrected chi connectivity index (χ1v) is 11.2. The lowest BCUT2D eigenvalue weighted by atomic mass is 10.2. The molecule has 3 aromatic rings. The average Bonchev–Trinajstić information content (AvgIpc) is 2.80. The fourth-order valence-corrected chi connectivity index (χ4v) is 4.31. The zero-order chi connectivity index (χ0) is 21.6. The fraction of sp³-hybridized carbons (Fsp3) is 0.348. The van der Waals surface area contributed by atoms with Gasteiger partial charge in [-0.05, 0) is 37.3 Å². The number of hydrogen-bond donors (Lipinski definition) is 1. The van der Waals surface area contributed by atoms with Gasteiger partial charge in [0.2, 0.25) is 5.91 Å². The third kappa shape index (κ3) is 5.52. The molecule has 8 heteroatoms. The standard InChI is InChI=1S/C23H26N4O3S/c1-16(22(28)24-17-7-9-18(29-2)10-8-17)31-23-19-5-3-4-6-20(19)25-21(26-23)15-27-11-13-30-14-12-27/h3-10,16H,11-15H2,1-2H3,(H,24,28). The zero-order valence-corrected chi connectivity index (χ0v) is 18.5. The summed E-state index contributed by atoms with van der Waals surface area (Å²) in [5.41, 5.74) is 1.63. The molecule has 1 aromatic heterocycles. The predicted molar refractivity (Wildman–Crippen MR) is 123 cm³/mol. The summed E-state index contributed by atoms with van der Waals surface area (Å²) >= 11 is 1.45. The summed E-state index contributed by atoms with van der Waals surface area (Å²) in [6.45, 7) is 5.78. The number of aromatic nitrogens is 2. The number of ether oxygens (including phenoxy) is 2. The molecule has 0 radical (unpaired) electrons. The van der Waals surface area contributed by atoms with E-state index in [1.165, 1.54) is 11.8 Å². The molecule has 1 unspecified atom stereocenters. The van der Waals surface area contributed by atoms with Gasteiger partial charge in [-0.25, -0.2) is 9.97 Å². The van der Waals surface area contributed by atoms with Gasteiger partial charge < -0.3 is 14.8 Å². The van der Waals surface area contributed by atoms with E-state index in [1.807, 2.05) is 55.5 Å². The Hall–Kier alpha value is -2.68. The Morgan fingerprint density at radius 3 is 2.65 bits per heavy atom. The molecule has 1 aliphatic rings. The minimum Gasteiger partial charge on any atom is -0.497 e. The van der Waals surface area contributed by atoms with Crippen LogP contribution >= 0.6 is 11.8 Å². The van der Waals surface area contributed by atoms with Gasteiger partial charge >= 0.3 is 0 Å². The highest BCUT2D eigenvalue weighted by Gasteiger charge is 2.19. The number of carbonyl (C=O) groups excluding carboxylic acids is 1. The van der Waals surface area contributed by atoms with Crippen molar-refractivity contribution in [3.63, 3.8) is 0 Å². The van der Waals surface area contributed by atoms with E-state index in [9.17, 15) is 4.79 Å². The molecule has 1 fully saturated rings. The maximum atomic E-state index is 12.8. The van der Waals surface area contributed by atoms with Crippen molar-refractivity contribution in [2.45, 2.75) is 23.7 Å². The highest BCUT2D eigenvalue weighted by Crippen LogP contribution is 2.29. The monoisotopic (exact) mass is 438 g/mol. The van der Waals surface area contributed by atoms with Gasteiger partial charge in [-0.2, -0.15) is 0 Å². The highest BCUT2D eigenvalue weighted by molar-refractivity contribution is 8.00. The second-order valence-corrected chi connectivity index (χ2v) is 8.66. The number of nitrogens with zero attached hydrogens (tertiary/aromatic N) is 3. The second kappa shape index (κ2) is 10.1. The van der Waals surface area contributed by atoms with E-state index in [-0.39, 0.29) is 11.2 Å². The first-order valence-electron chi connectivity index (χ1n) is 10.3. The third-order valence-electron chi connectivity index (χ3n) is 5.10. The maximum Gasteiger partial charge on any atom is 0.237 e. The van der Waals surface area contributed by atoms with Crippen LogP contribution in [0.5, 0.6) is 5.75 Å². The van der Waals surface area contributed by atoms with E-state index >= 15 is 0 Å². The normalized spacial score (nSPS) is 15.5. The van der Waals surface area contributed by atoms with E-state index in [0.29, 0.717) is 6.54 Å². The number of morpholine rings is 1. The maximum absolute atomic E-state index is 12.8. The minimum atomic E-state index is -0.323. The van der Waals surface area contributed by atoms with Gasteiger partial charge in [0, 0.05) is 24.2 Å². The van der Waals surface area contributed by atoms with Crippen LogP contribution in [0.2, 0.25) is 0 Å². The van der Waals surface area contributed by atoms with Gasteiger partial charge in [-0.1, -0.05) is 30.0 Å². The van der Waals surface area contributed by atoms with E-state index in [4.69, 9.17) is 19.4 Å². The Morgan fingerprint density at radius 1 is 1.16 bits per heavy atom. The summed E-state index contributed by atoms with van der Waals surface area (Å²) in [7, 11) is 1.62. The number of nitrogens with one attached hydrogen (secondary N) is 1. The quantitative estimate of drug-likeness (QED) is 0.446. The molecule has 31 heavy (non-hydrogen) atoms. The molecular weight excluding hydrogens is 412 g/mol. The number of methoxy groups -OCH3 is 1. The van der Waals surface area contributed by atoms with Crippen molar-refractivity contribution in [1.29, 1.82) is 0 Å². The van der Waals surface area contributed by atoms with Gasteiger partial charge in [-0.15, -0.1) is 0 Å². The smallest absolute Gasteiger partial charge is 0.237 e. The molecule has 162 valence electrons. The highest BCUT2D eigenvalue weighted by atomic mass is 32.2. The number of amides is 1. The number of fused-ring (bicyclic) bond motifs is 1. The number of para-hydroxylation sites is 1. The molecule has 1 atom stereocenters. The fourth-order valence-electron chi connectivity index (χ4n) is 3.35. The summed E-state index contributed by atoms with van der Waals surface area (Å²) in [5.74, 6) is 1.44. The van der Waals surface area contributed by atoms with Crippen molar-refractivity contribution < 1.29 is 14.3 Å². The van der Waals surface area contributed by atoms with Crippen LogP contribution in [0.1, 0.15) is 12.7 Å². The Kier molecular flexibility index (Phi) is 7.01. The van der Waals surface area contributed by atoms with Crippen LogP contribution in [0, 0.1) is 0 Å². The molecule has 1 aliphatic heterocycles. The summed E-state index contributed by atoms with van der Waals surface area (Å²) in [5, 5.41) is 4.42. The molecule has 0 aliphatic carbocycles. The van der Waals surface area contributed by atoms with Crippen LogP contribution < -0.4 is 10.1 Å². The van der Waals surface area contributed by atoms with E-state index in [0.717, 1.165) is 59.5 Å². The average molecular weight is 439 g/mol. The lowest BCUT2D eigenvalue weighted by molar-refractivity contribution is -0.115. The molecule has 7 nitrogen and oxygen atoms in total. The van der Waals surface area contributed by atoms with Crippen LogP contribution in [0.15, 0.2) is 53.6 Å². The first-order chi connectivity index (χ1) is 15.1. The SMILES string of the molecule is COc1ccc(NC(=O)C(C)Sc2nc(CN3CCOCC3)nc3ccccc23)cc1. The Labute approximate surface area is 186 Å². The lowest BCUT2D eigenvalue weighted by Crippen LogP contribution is -2.36. The zero-order valence-electron chi connectivity index (χ0n) is 17.7. The van der Waals surface area contributed by atoms with Gasteiger partial charge in [0.15, 0.2) is 0 Å². The molecule has 1 amide bonds. The number of carbonyl (C=O) groups is 1. The molecular formula is C23H26N4O3S. The minimum absolute atomic E-state index is 0.0763. The number of anilines is 1. The number of hydrogen-bond acceptors (Lipinski definition) is 7. The van der Waals surface area contributed by atoms with Gasteiger partial charge in [0.25, 0.3) is 0 Å². The summed E-state index contributed by atoms with van der Waals surface area (Å²) in [6.07, 6.45) is 0. The summed E-state index contributed by atoms with van der Waals surface area (Å²) in [4.78, 5) is 24.6. The molecule has 2 aromatic carbocycles. The van der Waals surface area contributed by atoms with Gasteiger partial charge in [-0.3, -0.25) is 9.69 Å². The van der Waals surface area contributed by atoms with E-state index < -0.39 is 0 Å². The topological polar surface area (TPSA) is 76.6 Å². The molecule has 1 saturated heterocycles. The van der Waals surface area contributed by atoms with Crippen LogP contribution in [0.3, 0.4) is 0 Å². The van der Waals surface area contributed by atoms with Crippen molar-refractivity contribution >= 4 is 34.3 Å². The molecule has 1 N–H and O–H groups in total. The van der Waals surface area contributed by atoms with Crippen molar-refractivity contribution in [2.75, 3.05) is 38.7 Å². The molecule has 2 heterocycles. The molecule has 4 rings (SSSR count). The van der Waals surface area contributed by atoms with E-state index in [1.54, 1.807) is 7.11 Å². The number of rotatable bonds is 7. The van der Waals surface area contributed by atoms with Crippen LogP contribution in [0.4, 0.5) is 5.69 Å². The van der Waals surface area contributed by atoms with Crippen molar-refractivity contribution in [2.24, 2.45) is 0 Å². The molecule has 0 bridgehead atoms. The van der Waals surface area contributed by atoms with Crippen molar-refractivity contribution in [3.8, 4) is 5.75 Å². The van der Waals surface area contributed by atoms with Crippen molar-refractivity contribution in [3.05, 3.63) is 54.4 Å². The Balaban J connectivity index is 1.50. The Bertz CT molecular complexity index is 1040. The van der Waals surface area contributed by atoms with Crippen LogP contribution in [0.25, 0.3) is 10.9 Å². The molecule has 0 spiro atoms. The summed E-state index contributed by atoms with van der Waals surface area (Å²) < 4.78 is 10.6. The van der Waals surface area contributed by atoms with Crippen LogP contribution in [-0.2, 0) is 16.1 Å². The molecule has 0 saturated carbocycles. The number of thioether (sulfide) groups is 1. The van der Waals surface area contributed by atoms with Gasteiger partial charge in [0.1, 0.15) is 16.6 Å². The van der Waals surface area contributed by atoms with Gasteiger partial charge in [0.05, 0.1) is 37.6 Å². The van der Waals surface area contributed by atoms with Crippen LogP contribution in [-0.4, -0.2) is 59.4 Å². The first kappa shape index (κ1) is 21.5. The Morgan fingerprint density at radius 2 is 1.90 bits per heavy atom. The third-order valence-corrected chi connectivity index (χ3v) is 6.20. The lowest BCUT2D eigenvalue weighted by Gasteiger charge is -2.26. The number of benzene rings is 2. The predicted octanol–water partition coefficient (Wildman–Crippen LogP) is 3.59. The van der Waals surface area contributed by atoms with Crippen molar-refractivity contribution in [1.82, 2.24) is 14.9 Å².